The zero-order valence-corrected chi connectivity index (χ0v) is 11.1. The highest BCUT2D eigenvalue weighted by Gasteiger charge is 2.13. The van der Waals surface area contributed by atoms with Crippen molar-refractivity contribution < 1.29 is 21.9 Å². The molecule has 0 saturated carbocycles. The van der Waals surface area contributed by atoms with Crippen molar-refractivity contribution in [1.29, 1.82) is 0 Å². The first-order chi connectivity index (χ1) is 7.12. The molecule has 8 heteroatoms. The normalized spacial score (nSPS) is 14.9. The van der Waals surface area contributed by atoms with Gasteiger partial charge in [-0.25, -0.2) is 21.6 Å². The minimum absolute atomic E-state index is 0.219. The van der Waals surface area contributed by atoms with E-state index in [0.717, 1.165) is 6.26 Å². The van der Waals surface area contributed by atoms with Crippen molar-refractivity contribution in [2.45, 2.75) is 25.9 Å². The summed E-state index contributed by atoms with van der Waals surface area (Å²) in [6, 6.07) is 0. The molecule has 1 atom stereocenters. The van der Waals surface area contributed by atoms with Crippen molar-refractivity contribution in [3.05, 3.63) is 0 Å². The summed E-state index contributed by atoms with van der Waals surface area (Å²) in [5, 5.41) is 8.94. The van der Waals surface area contributed by atoms with Gasteiger partial charge in [-0.1, -0.05) is 0 Å². The highest BCUT2D eigenvalue weighted by Crippen LogP contribution is 1.95. The summed E-state index contributed by atoms with van der Waals surface area (Å²) >= 11 is 0. The van der Waals surface area contributed by atoms with Gasteiger partial charge in [-0.3, -0.25) is 0 Å². The molecule has 0 heterocycles. The average molecular weight is 273 g/mol. The maximum absolute atomic E-state index is 11.3. The fourth-order valence-electron chi connectivity index (χ4n) is 0.958. The molecule has 0 spiro atoms. The lowest BCUT2D eigenvalue weighted by Crippen LogP contribution is -2.30. The Hall–Kier alpha value is -0.180. The Bertz CT molecular complexity index is 385. The molecular weight excluding hydrogens is 254 g/mol. The molecule has 0 fully saturated rings. The van der Waals surface area contributed by atoms with Gasteiger partial charge in [-0.15, -0.1) is 0 Å². The van der Waals surface area contributed by atoms with Gasteiger partial charge in [-0.05, 0) is 19.8 Å². The number of aliphatic hydroxyl groups is 1. The lowest BCUT2D eigenvalue weighted by atomic mass is 10.2. The Labute approximate surface area is 97.0 Å². The van der Waals surface area contributed by atoms with Gasteiger partial charge < -0.3 is 5.11 Å². The van der Waals surface area contributed by atoms with E-state index in [1.54, 1.807) is 6.92 Å². The van der Waals surface area contributed by atoms with Gasteiger partial charge in [-0.2, -0.15) is 0 Å². The zero-order valence-electron chi connectivity index (χ0n) is 9.51. The molecule has 0 aliphatic carbocycles. The van der Waals surface area contributed by atoms with E-state index in [-0.39, 0.29) is 12.3 Å². The van der Waals surface area contributed by atoms with E-state index in [4.69, 9.17) is 5.11 Å². The van der Waals surface area contributed by atoms with Crippen molar-refractivity contribution in [2.24, 2.45) is 0 Å². The number of aliphatic hydroxyl groups excluding tert-OH is 1. The first-order valence-electron chi connectivity index (χ1n) is 4.95. The van der Waals surface area contributed by atoms with E-state index in [1.165, 1.54) is 0 Å². The molecular formula is C8H19NO5S2. The van der Waals surface area contributed by atoms with Crippen LogP contribution in [0.3, 0.4) is 0 Å². The van der Waals surface area contributed by atoms with Crippen LogP contribution < -0.4 is 4.72 Å². The zero-order chi connectivity index (χ0) is 12.8. The monoisotopic (exact) mass is 273 g/mol. The lowest BCUT2D eigenvalue weighted by Gasteiger charge is -2.07. The fraction of sp³-hybridized carbons (Fsp3) is 1.00. The minimum Gasteiger partial charge on any atom is -0.393 e. The van der Waals surface area contributed by atoms with Gasteiger partial charge in [0.1, 0.15) is 9.84 Å². The summed E-state index contributed by atoms with van der Waals surface area (Å²) in [6.45, 7) is 1.84. The molecule has 0 aliphatic rings. The van der Waals surface area contributed by atoms with Crippen LogP contribution in [0.15, 0.2) is 0 Å². The van der Waals surface area contributed by atoms with E-state index in [2.05, 4.69) is 4.72 Å². The van der Waals surface area contributed by atoms with Crippen LogP contribution in [-0.2, 0) is 19.9 Å². The number of rotatable bonds is 8. The second-order valence-corrected chi connectivity index (χ2v) is 8.02. The van der Waals surface area contributed by atoms with Crippen molar-refractivity contribution in [3.8, 4) is 0 Å². The van der Waals surface area contributed by atoms with Crippen LogP contribution in [0.1, 0.15) is 19.8 Å². The molecule has 2 N–H and O–H groups in total. The number of sulfonamides is 1. The van der Waals surface area contributed by atoms with Gasteiger partial charge in [0, 0.05) is 12.8 Å². The molecule has 0 rings (SSSR count). The Kier molecular flexibility index (Phi) is 6.46. The van der Waals surface area contributed by atoms with Crippen LogP contribution in [0.25, 0.3) is 0 Å². The van der Waals surface area contributed by atoms with E-state index in [0.29, 0.717) is 12.8 Å². The minimum atomic E-state index is -3.52. The van der Waals surface area contributed by atoms with Crippen molar-refractivity contribution in [2.75, 3.05) is 24.3 Å². The second-order valence-electron chi connectivity index (χ2n) is 3.83. The van der Waals surface area contributed by atoms with Crippen molar-refractivity contribution in [3.63, 3.8) is 0 Å². The largest absolute Gasteiger partial charge is 0.393 e. The van der Waals surface area contributed by atoms with Crippen molar-refractivity contribution >= 4 is 19.9 Å². The Morgan fingerprint density at radius 2 is 1.75 bits per heavy atom. The third-order valence-electron chi connectivity index (χ3n) is 1.84. The maximum atomic E-state index is 11.3. The first-order valence-corrected chi connectivity index (χ1v) is 8.67. The first kappa shape index (κ1) is 15.8. The third kappa shape index (κ3) is 10.3. The molecule has 0 aromatic heterocycles. The molecule has 0 bridgehead atoms. The Balaban J connectivity index is 3.89. The third-order valence-corrected chi connectivity index (χ3v) is 4.43. The van der Waals surface area contributed by atoms with Crippen LogP contribution in [-0.4, -0.2) is 52.4 Å². The van der Waals surface area contributed by atoms with Gasteiger partial charge in [0.05, 0.1) is 17.6 Å². The van der Waals surface area contributed by atoms with Crippen LogP contribution in [0, 0.1) is 0 Å². The number of nitrogens with one attached hydrogen (secondary N) is 1. The molecule has 0 aromatic carbocycles. The Morgan fingerprint density at radius 1 is 1.19 bits per heavy atom. The number of hydrogen-bond acceptors (Lipinski definition) is 5. The predicted octanol–water partition coefficient (Wildman–Crippen LogP) is -0.889. The molecule has 0 aromatic rings. The topological polar surface area (TPSA) is 101 Å². The highest BCUT2D eigenvalue weighted by atomic mass is 32.2. The van der Waals surface area contributed by atoms with Gasteiger partial charge in [0.2, 0.25) is 10.0 Å². The number of sulfone groups is 1. The van der Waals surface area contributed by atoms with E-state index < -0.39 is 31.7 Å². The highest BCUT2D eigenvalue weighted by molar-refractivity contribution is 7.93. The molecule has 98 valence electrons. The quantitative estimate of drug-likeness (QED) is 0.559. The van der Waals surface area contributed by atoms with E-state index in [1.807, 2.05) is 0 Å². The molecule has 0 aliphatic heterocycles. The summed E-state index contributed by atoms with van der Waals surface area (Å²) in [4.78, 5) is 0. The smallest absolute Gasteiger partial charge is 0.212 e. The van der Waals surface area contributed by atoms with Crippen LogP contribution in [0.4, 0.5) is 0 Å². The molecule has 1 unspecified atom stereocenters. The standard InChI is InChI=1S/C8H19NO5S2/c1-8(10)4-3-5-9-16(13,14)7-6-15(2,11)12/h8-10H,3-7H2,1-2H3. The molecule has 0 amide bonds. The lowest BCUT2D eigenvalue weighted by molar-refractivity contribution is 0.182. The van der Waals surface area contributed by atoms with Gasteiger partial charge in [0.25, 0.3) is 0 Å². The average Bonchev–Trinajstić information content (AvgIpc) is 2.08. The van der Waals surface area contributed by atoms with E-state index >= 15 is 0 Å². The van der Waals surface area contributed by atoms with Gasteiger partial charge >= 0.3 is 0 Å². The summed E-state index contributed by atoms with van der Waals surface area (Å²) in [5.74, 6) is -0.792. The Morgan fingerprint density at radius 3 is 2.19 bits per heavy atom. The van der Waals surface area contributed by atoms with Crippen LogP contribution in [0.2, 0.25) is 0 Å². The second kappa shape index (κ2) is 6.53. The molecule has 16 heavy (non-hydrogen) atoms. The van der Waals surface area contributed by atoms with Crippen molar-refractivity contribution in [1.82, 2.24) is 4.72 Å². The summed E-state index contributed by atoms with van der Waals surface area (Å²) in [6.07, 6.45) is 1.57. The fourth-order valence-corrected chi connectivity index (χ4v) is 3.65. The summed E-state index contributed by atoms with van der Waals surface area (Å²) < 4.78 is 46.4. The summed E-state index contributed by atoms with van der Waals surface area (Å²) in [5.41, 5.74) is 0. The van der Waals surface area contributed by atoms with Crippen LogP contribution in [0.5, 0.6) is 0 Å². The number of hydrogen-bond donors (Lipinski definition) is 2. The van der Waals surface area contributed by atoms with Gasteiger partial charge in [0.15, 0.2) is 0 Å². The van der Waals surface area contributed by atoms with Crippen LogP contribution >= 0.6 is 0 Å². The molecule has 0 saturated heterocycles. The molecule has 6 nitrogen and oxygen atoms in total. The van der Waals surface area contributed by atoms with E-state index in [9.17, 15) is 16.8 Å². The predicted molar refractivity (Wildman–Crippen MR) is 62.4 cm³/mol. The SMILES string of the molecule is CC(O)CCCNS(=O)(=O)CCS(C)(=O)=O. The molecule has 0 radical (unpaired) electrons. The maximum Gasteiger partial charge on any atom is 0.212 e. The summed E-state index contributed by atoms with van der Waals surface area (Å²) in [7, 11) is -6.78.